The van der Waals surface area contributed by atoms with Crippen molar-refractivity contribution < 1.29 is 9.84 Å². The Morgan fingerprint density at radius 3 is 2.60 bits per heavy atom. The maximum atomic E-state index is 9.50. The molecule has 1 fully saturated rings. The normalized spacial score (nSPS) is 19.0. The van der Waals surface area contributed by atoms with E-state index in [4.69, 9.17) is 10.5 Å². The third kappa shape index (κ3) is 2.42. The number of rotatable bonds is 3. The molecule has 1 aliphatic carbocycles. The zero-order valence-corrected chi connectivity index (χ0v) is 8.78. The van der Waals surface area contributed by atoms with Crippen molar-refractivity contribution in [1.82, 2.24) is 0 Å². The van der Waals surface area contributed by atoms with E-state index in [2.05, 4.69) is 0 Å². The molecule has 1 aromatic rings. The van der Waals surface area contributed by atoms with E-state index < -0.39 is 0 Å². The highest BCUT2D eigenvalue weighted by atomic mass is 16.5. The van der Waals surface area contributed by atoms with Gasteiger partial charge in [-0.3, -0.25) is 0 Å². The number of nitrogens with two attached hydrogens (primary N) is 1. The Morgan fingerprint density at radius 2 is 1.93 bits per heavy atom. The third-order valence-corrected chi connectivity index (χ3v) is 2.98. The van der Waals surface area contributed by atoms with Gasteiger partial charge in [0.1, 0.15) is 6.61 Å². The average molecular weight is 207 g/mol. The molecule has 0 aromatic heterocycles. The van der Waals surface area contributed by atoms with Gasteiger partial charge in [0.2, 0.25) is 0 Å². The molecule has 0 heterocycles. The van der Waals surface area contributed by atoms with Gasteiger partial charge in [-0.25, -0.2) is 0 Å². The number of aromatic hydroxyl groups is 1. The first-order chi connectivity index (χ1) is 7.20. The van der Waals surface area contributed by atoms with Crippen molar-refractivity contribution in [1.29, 1.82) is 0 Å². The molecule has 3 nitrogen and oxygen atoms in total. The molecule has 0 aliphatic heterocycles. The molecular weight excluding hydrogens is 190 g/mol. The van der Waals surface area contributed by atoms with E-state index >= 15 is 0 Å². The Labute approximate surface area is 89.9 Å². The second-order valence-electron chi connectivity index (χ2n) is 4.33. The molecule has 0 unspecified atom stereocenters. The van der Waals surface area contributed by atoms with Crippen LogP contribution in [0.3, 0.4) is 0 Å². The minimum absolute atomic E-state index is 0.180. The predicted molar refractivity (Wildman–Crippen MR) is 59.0 cm³/mol. The first kappa shape index (κ1) is 10.3. The molecule has 82 valence electrons. The lowest BCUT2D eigenvalue weighted by atomic mass is 10.0. The van der Waals surface area contributed by atoms with Crippen molar-refractivity contribution >= 4 is 0 Å². The number of phenols is 1. The Morgan fingerprint density at radius 1 is 1.27 bits per heavy atom. The Bertz CT molecular complexity index is 332. The van der Waals surface area contributed by atoms with E-state index in [0.717, 1.165) is 12.8 Å². The summed E-state index contributed by atoms with van der Waals surface area (Å²) in [5.74, 6) is 0.702. The van der Waals surface area contributed by atoms with E-state index in [0.29, 0.717) is 12.4 Å². The van der Waals surface area contributed by atoms with Crippen molar-refractivity contribution in [3.8, 4) is 11.5 Å². The molecule has 1 aliphatic rings. The van der Waals surface area contributed by atoms with Crippen molar-refractivity contribution in [2.75, 3.05) is 6.61 Å². The molecule has 0 atom stereocenters. The van der Waals surface area contributed by atoms with Crippen LogP contribution in [0.4, 0.5) is 0 Å². The summed E-state index contributed by atoms with van der Waals surface area (Å²) in [6.45, 7) is 0.491. The molecule has 1 aromatic carbocycles. The lowest BCUT2D eigenvalue weighted by Gasteiger charge is -2.23. The summed E-state index contributed by atoms with van der Waals surface area (Å²) in [5, 5.41) is 9.50. The lowest BCUT2D eigenvalue weighted by molar-refractivity contribution is 0.213. The number of phenolic OH excluding ortho intramolecular Hbond substituents is 1. The van der Waals surface area contributed by atoms with Gasteiger partial charge in [-0.15, -0.1) is 0 Å². The zero-order chi connectivity index (χ0) is 10.7. The maximum absolute atomic E-state index is 9.50. The molecule has 0 saturated heterocycles. The Balaban J connectivity index is 1.95. The fraction of sp³-hybridized carbons (Fsp3) is 0.500. The zero-order valence-electron chi connectivity index (χ0n) is 8.78. The molecular formula is C12H17NO2. The van der Waals surface area contributed by atoms with Gasteiger partial charge >= 0.3 is 0 Å². The second-order valence-corrected chi connectivity index (χ2v) is 4.33. The SMILES string of the molecule is NC1(COc2ccccc2O)CCCC1. The number of benzene rings is 1. The van der Waals surface area contributed by atoms with Crippen LogP contribution in [0.1, 0.15) is 25.7 Å². The highest BCUT2D eigenvalue weighted by molar-refractivity contribution is 5.37. The molecule has 0 spiro atoms. The van der Waals surface area contributed by atoms with E-state index in [1.54, 1.807) is 18.2 Å². The Hall–Kier alpha value is -1.22. The maximum Gasteiger partial charge on any atom is 0.161 e. The summed E-state index contributed by atoms with van der Waals surface area (Å²) in [7, 11) is 0. The van der Waals surface area contributed by atoms with Crippen LogP contribution in [0.5, 0.6) is 11.5 Å². The minimum atomic E-state index is -0.192. The highest BCUT2D eigenvalue weighted by Crippen LogP contribution is 2.30. The molecule has 3 N–H and O–H groups in total. The largest absolute Gasteiger partial charge is 0.504 e. The van der Waals surface area contributed by atoms with E-state index in [1.807, 2.05) is 6.07 Å². The predicted octanol–water partition coefficient (Wildman–Crippen LogP) is 2.04. The summed E-state index contributed by atoms with van der Waals surface area (Å²) in [6, 6.07) is 6.99. The number of hydrogen-bond donors (Lipinski definition) is 2. The summed E-state index contributed by atoms with van der Waals surface area (Å²) >= 11 is 0. The summed E-state index contributed by atoms with van der Waals surface area (Å²) in [4.78, 5) is 0. The first-order valence-electron chi connectivity index (χ1n) is 5.39. The van der Waals surface area contributed by atoms with Gasteiger partial charge in [0.15, 0.2) is 11.5 Å². The minimum Gasteiger partial charge on any atom is -0.504 e. The number of para-hydroxylation sites is 2. The van der Waals surface area contributed by atoms with Crippen LogP contribution in [0, 0.1) is 0 Å². The van der Waals surface area contributed by atoms with Gasteiger partial charge in [0.05, 0.1) is 5.54 Å². The average Bonchev–Trinajstić information content (AvgIpc) is 2.65. The van der Waals surface area contributed by atoms with Crippen molar-refractivity contribution in [3.63, 3.8) is 0 Å². The highest BCUT2D eigenvalue weighted by Gasteiger charge is 2.30. The van der Waals surface area contributed by atoms with Gasteiger partial charge in [0, 0.05) is 0 Å². The summed E-state index contributed by atoms with van der Waals surface area (Å²) in [5.41, 5.74) is 5.96. The third-order valence-electron chi connectivity index (χ3n) is 2.98. The number of ether oxygens (including phenoxy) is 1. The van der Waals surface area contributed by atoms with Crippen LogP contribution in [-0.4, -0.2) is 17.3 Å². The van der Waals surface area contributed by atoms with Crippen molar-refractivity contribution in [2.24, 2.45) is 5.73 Å². The molecule has 0 amide bonds. The van der Waals surface area contributed by atoms with Gasteiger partial charge in [0.25, 0.3) is 0 Å². The van der Waals surface area contributed by atoms with E-state index in [9.17, 15) is 5.11 Å². The topological polar surface area (TPSA) is 55.5 Å². The molecule has 3 heteroatoms. The molecule has 15 heavy (non-hydrogen) atoms. The van der Waals surface area contributed by atoms with Crippen LogP contribution < -0.4 is 10.5 Å². The van der Waals surface area contributed by atoms with Gasteiger partial charge in [-0.05, 0) is 25.0 Å². The summed E-state index contributed by atoms with van der Waals surface area (Å²) in [6.07, 6.45) is 4.39. The Kier molecular flexibility index (Phi) is 2.82. The summed E-state index contributed by atoms with van der Waals surface area (Å²) < 4.78 is 5.55. The van der Waals surface area contributed by atoms with Gasteiger partial charge < -0.3 is 15.6 Å². The first-order valence-corrected chi connectivity index (χ1v) is 5.39. The van der Waals surface area contributed by atoms with E-state index in [-0.39, 0.29) is 11.3 Å². The fourth-order valence-electron chi connectivity index (χ4n) is 2.02. The smallest absolute Gasteiger partial charge is 0.161 e. The van der Waals surface area contributed by atoms with Gasteiger partial charge in [-0.2, -0.15) is 0 Å². The van der Waals surface area contributed by atoms with Crippen LogP contribution in [0.25, 0.3) is 0 Å². The second kappa shape index (κ2) is 4.11. The molecule has 1 saturated carbocycles. The van der Waals surface area contributed by atoms with Crippen LogP contribution in [0.2, 0.25) is 0 Å². The van der Waals surface area contributed by atoms with Crippen LogP contribution in [-0.2, 0) is 0 Å². The molecule has 2 rings (SSSR count). The molecule has 0 radical (unpaired) electrons. The molecule has 0 bridgehead atoms. The van der Waals surface area contributed by atoms with Crippen molar-refractivity contribution in [3.05, 3.63) is 24.3 Å². The van der Waals surface area contributed by atoms with Gasteiger partial charge in [-0.1, -0.05) is 25.0 Å². The fourth-order valence-corrected chi connectivity index (χ4v) is 2.02. The monoisotopic (exact) mass is 207 g/mol. The lowest BCUT2D eigenvalue weighted by Crippen LogP contribution is -2.42. The van der Waals surface area contributed by atoms with Crippen LogP contribution in [0.15, 0.2) is 24.3 Å². The van der Waals surface area contributed by atoms with Crippen LogP contribution >= 0.6 is 0 Å². The van der Waals surface area contributed by atoms with Crippen molar-refractivity contribution in [2.45, 2.75) is 31.2 Å². The number of hydrogen-bond acceptors (Lipinski definition) is 3. The van der Waals surface area contributed by atoms with E-state index in [1.165, 1.54) is 12.8 Å². The quantitative estimate of drug-likeness (QED) is 0.797. The standard InChI is InChI=1S/C12H17NO2/c13-12(7-3-4-8-12)9-15-11-6-2-1-5-10(11)14/h1-2,5-6,14H,3-4,7-9,13H2.